The number of ether oxygens (including phenoxy) is 2. The van der Waals surface area contributed by atoms with Crippen molar-refractivity contribution in [2.24, 2.45) is 0 Å². The fourth-order valence-electron chi connectivity index (χ4n) is 3.75. The number of anilines is 2. The van der Waals surface area contributed by atoms with Gasteiger partial charge in [0.05, 0.1) is 25.0 Å². The molecule has 3 rings (SSSR count). The molecule has 0 unspecified atom stereocenters. The summed E-state index contributed by atoms with van der Waals surface area (Å²) in [5.41, 5.74) is 3.58. The molecule has 0 saturated carbocycles. The van der Waals surface area contributed by atoms with Crippen LogP contribution in [0.4, 0.5) is 11.4 Å². The highest BCUT2D eigenvalue weighted by molar-refractivity contribution is 7.93. The maximum absolute atomic E-state index is 13.9. The highest BCUT2D eigenvalue weighted by Gasteiger charge is 2.30. The summed E-state index contributed by atoms with van der Waals surface area (Å²) in [5, 5.41) is 2.70. The van der Waals surface area contributed by atoms with Gasteiger partial charge in [-0.3, -0.25) is 9.10 Å². The summed E-state index contributed by atoms with van der Waals surface area (Å²) in [7, 11) is -2.78. The number of amides is 1. The highest BCUT2D eigenvalue weighted by atomic mass is 32.2. The van der Waals surface area contributed by atoms with E-state index in [0.29, 0.717) is 16.9 Å². The number of benzene rings is 3. The summed E-state index contributed by atoms with van der Waals surface area (Å²) in [6.07, 6.45) is 0. The van der Waals surface area contributed by atoms with E-state index < -0.39 is 28.4 Å². The van der Waals surface area contributed by atoms with E-state index in [-0.39, 0.29) is 17.3 Å². The smallest absolute Gasteiger partial charge is 0.338 e. The molecule has 0 saturated heterocycles. The predicted molar refractivity (Wildman–Crippen MR) is 139 cm³/mol. The molecule has 9 heteroatoms. The Morgan fingerprint density at radius 1 is 0.889 bits per heavy atom. The van der Waals surface area contributed by atoms with Gasteiger partial charge in [-0.05, 0) is 92.9 Å². The third-order valence-corrected chi connectivity index (χ3v) is 7.14. The number of sulfonamides is 1. The Morgan fingerprint density at radius 3 is 2.11 bits per heavy atom. The van der Waals surface area contributed by atoms with Gasteiger partial charge in [-0.2, -0.15) is 0 Å². The van der Waals surface area contributed by atoms with Crippen LogP contribution in [0.1, 0.15) is 34.0 Å². The molecule has 0 atom stereocenters. The molecule has 3 aromatic carbocycles. The average Bonchev–Trinajstić information content (AvgIpc) is 2.82. The number of hydrogen-bond acceptors (Lipinski definition) is 6. The Labute approximate surface area is 211 Å². The van der Waals surface area contributed by atoms with Gasteiger partial charge >= 0.3 is 5.97 Å². The Kier molecular flexibility index (Phi) is 8.37. The molecule has 0 fully saturated rings. The van der Waals surface area contributed by atoms with Crippen LogP contribution in [0, 0.1) is 20.8 Å². The van der Waals surface area contributed by atoms with Gasteiger partial charge in [0, 0.05) is 5.69 Å². The molecule has 0 heterocycles. The molecule has 0 aliphatic carbocycles. The molecule has 0 aromatic heterocycles. The van der Waals surface area contributed by atoms with E-state index in [4.69, 9.17) is 9.47 Å². The summed E-state index contributed by atoms with van der Waals surface area (Å²) in [6, 6.07) is 16.4. The summed E-state index contributed by atoms with van der Waals surface area (Å²) in [5.74, 6) is -0.826. The molecule has 0 spiro atoms. The number of esters is 1. The monoisotopic (exact) mass is 510 g/mol. The highest BCUT2D eigenvalue weighted by Crippen LogP contribution is 2.32. The van der Waals surface area contributed by atoms with Crippen molar-refractivity contribution >= 4 is 33.3 Å². The van der Waals surface area contributed by atoms with Crippen LogP contribution < -0.4 is 14.4 Å². The van der Waals surface area contributed by atoms with Crippen molar-refractivity contribution in [2.45, 2.75) is 32.6 Å². The first kappa shape index (κ1) is 26.7. The number of hydrogen-bond donors (Lipinski definition) is 1. The minimum Gasteiger partial charge on any atom is -0.495 e. The van der Waals surface area contributed by atoms with Crippen LogP contribution in [0.2, 0.25) is 0 Å². The quantitative estimate of drug-likeness (QED) is 0.421. The second-order valence-corrected chi connectivity index (χ2v) is 10.2. The molecule has 0 bridgehead atoms. The first-order valence-electron chi connectivity index (χ1n) is 11.4. The van der Waals surface area contributed by atoms with Crippen LogP contribution in [0.5, 0.6) is 5.75 Å². The Bertz CT molecular complexity index is 1350. The number of methoxy groups -OCH3 is 1. The predicted octanol–water partition coefficient (Wildman–Crippen LogP) is 4.63. The molecule has 190 valence electrons. The Balaban J connectivity index is 1.96. The van der Waals surface area contributed by atoms with Crippen LogP contribution in [-0.2, 0) is 19.6 Å². The Hall–Kier alpha value is -3.85. The zero-order valence-electron chi connectivity index (χ0n) is 21.0. The lowest BCUT2D eigenvalue weighted by atomic mass is 10.1. The lowest BCUT2D eigenvalue weighted by molar-refractivity contribution is -0.114. The van der Waals surface area contributed by atoms with Crippen molar-refractivity contribution in [3.8, 4) is 5.75 Å². The first-order chi connectivity index (χ1) is 17.0. The van der Waals surface area contributed by atoms with Crippen molar-refractivity contribution in [1.82, 2.24) is 0 Å². The van der Waals surface area contributed by atoms with E-state index in [1.54, 1.807) is 50.2 Å². The number of aryl methyl sites for hydroxylation is 3. The molecule has 3 aromatic rings. The summed E-state index contributed by atoms with van der Waals surface area (Å²) >= 11 is 0. The first-order valence-corrected chi connectivity index (χ1v) is 12.8. The summed E-state index contributed by atoms with van der Waals surface area (Å²) in [6.45, 7) is 7.01. The van der Waals surface area contributed by atoms with Crippen LogP contribution in [0.25, 0.3) is 0 Å². The summed E-state index contributed by atoms with van der Waals surface area (Å²) < 4.78 is 39.1. The zero-order chi connectivity index (χ0) is 26.5. The number of nitrogens with zero attached hydrogens (tertiary/aromatic N) is 1. The maximum Gasteiger partial charge on any atom is 0.338 e. The van der Waals surface area contributed by atoms with Crippen molar-refractivity contribution in [2.75, 3.05) is 29.9 Å². The number of nitrogens with one attached hydrogen (secondary N) is 1. The van der Waals surface area contributed by atoms with E-state index in [0.717, 1.165) is 21.0 Å². The fourth-order valence-corrected chi connectivity index (χ4v) is 5.40. The molecule has 1 amide bonds. The number of carbonyl (C=O) groups excluding carboxylic acids is 2. The molecule has 36 heavy (non-hydrogen) atoms. The molecule has 1 N–H and O–H groups in total. The number of carbonyl (C=O) groups is 2. The van der Waals surface area contributed by atoms with Crippen LogP contribution >= 0.6 is 0 Å². The van der Waals surface area contributed by atoms with Gasteiger partial charge < -0.3 is 14.8 Å². The molecule has 8 nitrogen and oxygen atoms in total. The minimum atomic E-state index is -4.18. The second kappa shape index (κ2) is 11.3. The maximum atomic E-state index is 13.9. The van der Waals surface area contributed by atoms with E-state index in [1.807, 2.05) is 19.9 Å². The van der Waals surface area contributed by atoms with Gasteiger partial charge in [0.2, 0.25) is 5.91 Å². The van der Waals surface area contributed by atoms with E-state index in [9.17, 15) is 18.0 Å². The van der Waals surface area contributed by atoms with Crippen molar-refractivity contribution in [3.63, 3.8) is 0 Å². The van der Waals surface area contributed by atoms with Crippen LogP contribution in [0.15, 0.2) is 65.6 Å². The van der Waals surface area contributed by atoms with Crippen molar-refractivity contribution < 1.29 is 27.5 Å². The molecule has 0 radical (unpaired) electrons. The van der Waals surface area contributed by atoms with E-state index >= 15 is 0 Å². The van der Waals surface area contributed by atoms with Gasteiger partial charge in [0.1, 0.15) is 17.2 Å². The SMILES string of the molecule is CCOC(=O)c1ccc(NC(=O)CN(c2cc(C)cc(C)c2)S(=O)(=O)c2cc(C)ccc2OC)cc1. The molecule has 0 aliphatic rings. The topological polar surface area (TPSA) is 102 Å². The third kappa shape index (κ3) is 6.23. The van der Waals surface area contributed by atoms with Crippen molar-refractivity contribution in [1.29, 1.82) is 0 Å². The van der Waals surface area contributed by atoms with Crippen molar-refractivity contribution in [3.05, 3.63) is 82.9 Å². The Morgan fingerprint density at radius 2 is 1.53 bits per heavy atom. The van der Waals surface area contributed by atoms with E-state index in [2.05, 4.69) is 5.32 Å². The minimum absolute atomic E-state index is 0.0317. The van der Waals surface area contributed by atoms with Gasteiger partial charge in [-0.1, -0.05) is 12.1 Å². The normalized spacial score (nSPS) is 11.0. The summed E-state index contributed by atoms with van der Waals surface area (Å²) in [4.78, 5) is 24.9. The lowest BCUT2D eigenvalue weighted by Crippen LogP contribution is -2.38. The lowest BCUT2D eigenvalue weighted by Gasteiger charge is -2.26. The van der Waals surface area contributed by atoms with Gasteiger partial charge in [0.15, 0.2) is 0 Å². The fraction of sp³-hybridized carbons (Fsp3) is 0.259. The second-order valence-electron chi connectivity index (χ2n) is 8.36. The van der Waals surface area contributed by atoms with Gasteiger partial charge in [-0.15, -0.1) is 0 Å². The largest absolute Gasteiger partial charge is 0.495 e. The van der Waals surface area contributed by atoms with Gasteiger partial charge in [0.25, 0.3) is 10.0 Å². The standard InChI is InChI=1S/C27H30N2O6S/c1-6-35-27(31)21-8-10-22(11-9-21)28-26(30)17-29(23-14-19(3)13-20(4)15-23)36(32,33)25-16-18(2)7-12-24(25)34-5/h7-16H,6,17H2,1-5H3,(H,28,30). The number of rotatable bonds is 9. The van der Waals surface area contributed by atoms with E-state index in [1.165, 1.54) is 25.3 Å². The average molecular weight is 511 g/mol. The third-order valence-electron chi connectivity index (χ3n) is 5.35. The van der Waals surface area contributed by atoms with Crippen LogP contribution in [0.3, 0.4) is 0 Å². The van der Waals surface area contributed by atoms with Gasteiger partial charge in [-0.25, -0.2) is 13.2 Å². The molecular formula is C27H30N2O6S. The van der Waals surface area contributed by atoms with Crippen LogP contribution in [-0.4, -0.2) is 40.6 Å². The molecular weight excluding hydrogens is 480 g/mol. The molecule has 0 aliphatic heterocycles. The zero-order valence-corrected chi connectivity index (χ0v) is 21.8.